The van der Waals surface area contributed by atoms with Gasteiger partial charge in [0.25, 0.3) is 0 Å². The quantitative estimate of drug-likeness (QED) is 0.180. The standard InChI is InChI=1S/C54H30N4O2/c1-3-14-34-31(12-1)24-27-45-48(34)41-30-33(57-42-21-8-5-16-36(42)37-17-6-9-22-43(37)57)26-28-44(41)58(45)54-55-50-38-18-7-10-23-46(38)59-53(50)51(56-54)40-20-11-19-39-49-35-15-4-2-13-32(35)25-29-47(49)60-52(39)40/h1-30H. The molecule has 6 heteroatoms. The molecule has 278 valence electrons. The Labute approximate surface area is 340 Å². The average molecular weight is 767 g/mol. The number of furan rings is 2. The third kappa shape index (κ3) is 4.21. The highest BCUT2D eigenvalue weighted by atomic mass is 16.3. The van der Waals surface area contributed by atoms with E-state index in [0.29, 0.717) is 17.2 Å². The second-order valence-electron chi connectivity index (χ2n) is 15.7. The number of nitrogens with zero attached hydrogens (tertiary/aromatic N) is 4. The molecule has 14 rings (SSSR count). The van der Waals surface area contributed by atoms with Gasteiger partial charge < -0.3 is 13.4 Å². The number of para-hydroxylation sites is 4. The number of rotatable bonds is 3. The molecule has 5 aromatic heterocycles. The molecule has 0 unspecified atom stereocenters. The lowest BCUT2D eigenvalue weighted by Gasteiger charge is -2.11. The maximum Gasteiger partial charge on any atom is 0.236 e. The van der Waals surface area contributed by atoms with E-state index in [1.807, 2.05) is 18.2 Å². The minimum atomic E-state index is 0.558. The van der Waals surface area contributed by atoms with E-state index in [9.17, 15) is 0 Å². The molecule has 0 radical (unpaired) electrons. The maximum atomic E-state index is 6.79. The summed E-state index contributed by atoms with van der Waals surface area (Å²) in [5, 5.41) is 12.5. The summed E-state index contributed by atoms with van der Waals surface area (Å²) in [4.78, 5) is 10.9. The van der Waals surface area contributed by atoms with Crippen LogP contribution < -0.4 is 0 Å². The molecule has 0 aliphatic carbocycles. The van der Waals surface area contributed by atoms with Crippen LogP contribution in [0.15, 0.2) is 191 Å². The summed E-state index contributed by atoms with van der Waals surface area (Å²) >= 11 is 0. The third-order valence-corrected chi connectivity index (χ3v) is 12.5. The lowest BCUT2D eigenvalue weighted by Crippen LogP contribution is -2.03. The van der Waals surface area contributed by atoms with E-state index < -0.39 is 0 Å². The van der Waals surface area contributed by atoms with Gasteiger partial charge in [0, 0.05) is 49.0 Å². The lowest BCUT2D eigenvalue weighted by molar-refractivity contribution is 0.662. The zero-order valence-electron chi connectivity index (χ0n) is 31.9. The molecule has 0 bridgehead atoms. The van der Waals surface area contributed by atoms with E-state index in [2.05, 4.69) is 173 Å². The van der Waals surface area contributed by atoms with Crippen LogP contribution in [0.5, 0.6) is 0 Å². The minimum Gasteiger partial charge on any atom is -0.455 e. The fourth-order valence-electron chi connectivity index (χ4n) is 9.95. The van der Waals surface area contributed by atoms with Crippen LogP contribution in [0.3, 0.4) is 0 Å². The van der Waals surface area contributed by atoms with Crippen molar-refractivity contribution in [1.29, 1.82) is 0 Å². The Balaban J connectivity index is 1.10. The van der Waals surface area contributed by atoms with Crippen LogP contribution in [0.1, 0.15) is 0 Å². The minimum absolute atomic E-state index is 0.558. The molecule has 0 amide bonds. The summed E-state index contributed by atoms with van der Waals surface area (Å²) in [5.41, 5.74) is 10.7. The van der Waals surface area contributed by atoms with Gasteiger partial charge in [0.15, 0.2) is 5.58 Å². The SMILES string of the molecule is c1ccc2c(c1)ccc1oc3c(-c4nc(-n5c6ccc(-n7c8ccccc8c8ccccc87)cc6c6c7ccccc7ccc65)nc5c4oc4ccccc45)cccc3c12. The Morgan fingerprint density at radius 1 is 0.367 bits per heavy atom. The van der Waals surface area contributed by atoms with Gasteiger partial charge in [0.05, 0.1) is 22.1 Å². The zero-order chi connectivity index (χ0) is 39.1. The molecule has 0 saturated carbocycles. The maximum absolute atomic E-state index is 6.79. The molecule has 0 fully saturated rings. The predicted molar refractivity (Wildman–Crippen MR) is 246 cm³/mol. The Morgan fingerprint density at radius 2 is 0.967 bits per heavy atom. The molecule has 0 atom stereocenters. The Kier molecular flexibility index (Phi) is 6.20. The van der Waals surface area contributed by atoms with Crippen molar-refractivity contribution in [2.24, 2.45) is 0 Å². The number of hydrogen-bond donors (Lipinski definition) is 0. The Bertz CT molecular complexity index is 4090. The van der Waals surface area contributed by atoms with Gasteiger partial charge in [-0.2, -0.15) is 0 Å². The van der Waals surface area contributed by atoms with Gasteiger partial charge in [-0.05, 0) is 82.2 Å². The summed E-state index contributed by atoms with van der Waals surface area (Å²) in [7, 11) is 0. The summed E-state index contributed by atoms with van der Waals surface area (Å²) in [6.07, 6.45) is 0. The molecule has 9 aromatic carbocycles. The number of hydrogen-bond acceptors (Lipinski definition) is 4. The molecule has 0 spiro atoms. The first-order valence-electron chi connectivity index (χ1n) is 20.2. The third-order valence-electron chi connectivity index (χ3n) is 12.5. The highest BCUT2D eigenvalue weighted by Gasteiger charge is 2.25. The van der Waals surface area contributed by atoms with Crippen LogP contribution in [-0.2, 0) is 0 Å². The highest BCUT2D eigenvalue weighted by Crippen LogP contribution is 2.44. The van der Waals surface area contributed by atoms with Crippen molar-refractivity contribution in [3.8, 4) is 22.9 Å². The largest absolute Gasteiger partial charge is 0.455 e. The number of benzene rings is 9. The molecule has 0 N–H and O–H groups in total. The average Bonchev–Trinajstić information content (AvgIpc) is 4.06. The van der Waals surface area contributed by atoms with Crippen molar-refractivity contribution in [2.45, 2.75) is 0 Å². The summed E-state index contributed by atoms with van der Waals surface area (Å²) in [6, 6.07) is 64.2. The molecule has 5 heterocycles. The van der Waals surface area contributed by atoms with Crippen LogP contribution >= 0.6 is 0 Å². The zero-order valence-corrected chi connectivity index (χ0v) is 31.9. The van der Waals surface area contributed by atoms with Gasteiger partial charge in [0.2, 0.25) is 5.95 Å². The van der Waals surface area contributed by atoms with E-state index in [1.165, 1.54) is 38.0 Å². The molecule has 0 aliphatic rings. The van der Waals surface area contributed by atoms with Crippen molar-refractivity contribution in [2.75, 3.05) is 0 Å². The first-order chi connectivity index (χ1) is 29.8. The van der Waals surface area contributed by atoms with Crippen molar-refractivity contribution in [3.63, 3.8) is 0 Å². The van der Waals surface area contributed by atoms with Crippen LogP contribution in [0.4, 0.5) is 0 Å². The molecule has 0 saturated heterocycles. The van der Waals surface area contributed by atoms with Gasteiger partial charge in [-0.1, -0.05) is 121 Å². The molecule has 0 aliphatic heterocycles. The van der Waals surface area contributed by atoms with E-state index in [-0.39, 0.29) is 0 Å². The predicted octanol–water partition coefficient (Wildman–Crippen LogP) is 14.4. The van der Waals surface area contributed by atoms with E-state index in [1.54, 1.807) is 0 Å². The molecular formula is C54H30N4O2. The van der Waals surface area contributed by atoms with Crippen molar-refractivity contribution in [1.82, 2.24) is 19.1 Å². The molecular weight excluding hydrogens is 737 g/mol. The molecule has 6 nitrogen and oxygen atoms in total. The fraction of sp³-hybridized carbons (Fsp3) is 0. The fourth-order valence-corrected chi connectivity index (χ4v) is 9.95. The van der Waals surface area contributed by atoms with E-state index in [4.69, 9.17) is 18.8 Å². The van der Waals surface area contributed by atoms with Crippen molar-refractivity contribution < 1.29 is 8.83 Å². The first kappa shape index (κ1) is 31.8. The van der Waals surface area contributed by atoms with E-state index in [0.717, 1.165) is 76.9 Å². The van der Waals surface area contributed by atoms with E-state index >= 15 is 0 Å². The van der Waals surface area contributed by atoms with Crippen LogP contribution in [0.25, 0.3) is 132 Å². The van der Waals surface area contributed by atoms with Crippen LogP contribution in [0, 0.1) is 0 Å². The monoisotopic (exact) mass is 766 g/mol. The molecule has 14 aromatic rings. The van der Waals surface area contributed by atoms with Crippen molar-refractivity contribution >= 4 is 109 Å². The number of fused-ring (bicyclic) bond motifs is 16. The summed E-state index contributed by atoms with van der Waals surface area (Å²) in [6.45, 7) is 0. The van der Waals surface area contributed by atoms with Gasteiger partial charge >= 0.3 is 0 Å². The molecule has 60 heavy (non-hydrogen) atoms. The lowest BCUT2D eigenvalue weighted by atomic mass is 10.0. The highest BCUT2D eigenvalue weighted by molar-refractivity contribution is 6.23. The first-order valence-corrected chi connectivity index (χ1v) is 20.2. The van der Waals surface area contributed by atoms with Gasteiger partial charge in [0.1, 0.15) is 28.0 Å². The smallest absolute Gasteiger partial charge is 0.236 e. The topological polar surface area (TPSA) is 61.9 Å². The summed E-state index contributed by atoms with van der Waals surface area (Å²) < 4.78 is 18.1. The summed E-state index contributed by atoms with van der Waals surface area (Å²) in [5.74, 6) is 0.558. The van der Waals surface area contributed by atoms with Gasteiger partial charge in [-0.3, -0.25) is 4.57 Å². The van der Waals surface area contributed by atoms with Crippen LogP contribution in [0.2, 0.25) is 0 Å². The Hall–Kier alpha value is -8.22. The normalized spacial score (nSPS) is 12.3. The Morgan fingerprint density at radius 3 is 1.75 bits per heavy atom. The number of aromatic nitrogens is 4. The van der Waals surface area contributed by atoms with Gasteiger partial charge in [-0.15, -0.1) is 0 Å². The second-order valence-corrected chi connectivity index (χ2v) is 15.7. The van der Waals surface area contributed by atoms with Gasteiger partial charge in [-0.25, -0.2) is 9.97 Å². The van der Waals surface area contributed by atoms with Crippen molar-refractivity contribution in [3.05, 3.63) is 182 Å². The van der Waals surface area contributed by atoms with Crippen LogP contribution in [-0.4, -0.2) is 19.1 Å². The second kappa shape index (κ2) is 11.7.